The number of hydrogen-bond donors (Lipinski definition) is 2. The van der Waals surface area contributed by atoms with Crippen molar-refractivity contribution in [2.75, 3.05) is 6.54 Å². The van der Waals surface area contributed by atoms with Gasteiger partial charge in [0.05, 0.1) is 32.6 Å². The molecule has 0 fully saturated rings. The molecule has 0 saturated heterocycles. The normalized spacial score (nSPS) is 11.9. The highest BCUT2D eigenvalue weighted by Gasteiger charge is 2.18. The minimum atomic E-state index is -3.72. The maximum Gasteiger partial charge on any atom is 0.252 e. The summed E-state index contributed by atoms with van der Waals surface area (Å²) in [5.74, 6) is -0.209. The molecule has 10 heteroatoms. The van der Waals surface area contributed by atoms with Crippen molar-refractivity contribution < 1.29 is 13.2 Å². The summed E-state index contributed by atoms with van der Waals surface area (Å²) in [6.45, 7) is 4.43. The molecule has 4 rings (SSSR count). The Morgan fingerprint density at radius 3 is 2.59 bits per heavy atom. The van der Waals surface area contributed by atoms with Gasteiger partial charge >= 0.3 is 0 Å². The van der Waals surface area contributed by atoms with Crippen LogP contribution in [0.2, 0.25) is 0 Å². The molecular weight excluding hydrogens is 446 g/mol. The maximum atomic E-state index is 13.1. The third-order valence-corrected chi connectivity index (χ3v) is 6.85. The third-order valence-electron chi connectivity index (χ3n) is 5.03. The number of thiophene rings is 1. The fraction of sp³-hybridized carbons (Fsp3) is 0.227. The Labute approximate surface area is 190 Å². The van der Waals surface area contributed by atoms with Crippen LogP contribution in [0.1, 0.15) is 35.8 Å². The Morgan fingerprint density at radius 2 is 1.97 bits per heavy atom. The number of carbonyl (C=O) groups excluding carboxylic acids is 1. The molecule has 0 aliphatic heterocycles. The van der Waals surface area contributed by atoms with E-state index in [1.807, 2.05) is 36.0 Å². The summed E-state index contributed by atoms with van der Waals surface area (Å²) in [6, 6.07) is 12.1. The number of fused-ring (bicyclic) bond motifs is 1. The molecule has 0 atom stereocenters. The van der Waals surface area contributed by atoms with Crippen molar-refractivity contribution in [2.45, 2.75) is 31.2 Å². The number of amides is 1. The number of carbonyl (C=O) groups is 1. The lowest BCUT2D eigenvalue weighted by Crippen LogP contribution is -2.26. The van der Waals surface area contributed by atoms with Crippen LogP contribution in [0.15, 0.2) is 58.9 Å². The summed E-state index contributed by atoms with van der Waals surface area (Å²) in [7, 11) is -3.72. The van der Waals surface area contributed by atoms with Gasteiger partial charge in [-0.2, -0.15) is 5.10 Å². The van der Waals surface area contributed by atoms with Gasteiger partial charge in [-0.05, 0) is 55.5 Å². The summed E-state index contributed by atoms with van der Waals surface area (Å²) in [5, 5.41) is 15.2. The topological polar surface area (TPSA) is 120 Å². The van der Waals surface area contributed by atoms with E-state index in [2.05, 4.69) is 10.4 Å². The molecule has 0 aliphatic rings. The highest BCUT2D eigenvalue weighted by Crippen LogP contribution is 2.28. The molecule has 1 aromatic carbocycles. The van der Waals surface area contributed by atoms with E-state index in [4.69, 9.17) is 10.1 Å². The molecule has 0 spiro atoms. The van der Waals surface area contributed by atoms with E-state index in [0.29, 0.717) is 29.6 Å². The van der Waals surface area contributed by atoms with Crippen LogP contribution >= 0.6 is 11.3 Å². The van der Waals surface area contributed by atoms with E-state index in [9.17, 15) is 13.2 Å². The second-order valence-corrected chi connectivity index (χ2v) is 10.2. The first-order chi connectivity index (χ1) is 15.2. The number of pyridine rings is 1. The van der Waals surface area contributed by atoms with Crippen LogP contribution in [0.3, 0.4) is 0 Å². The number of rotatable bonds is 7. The Bertz CT molecular complexity index is 1360. The van der Waals surface area contributed by atoms with Gasteiger partial charge in [-0.3, -0.25) is 4.79 Å². The number of aromatic nitrogens is 3. The largest absolute Gasteiger partial charge is 0.352 e. The summed E-state index contributed by atoms with van der Waals surface area (Å²) < 4.78 is 24.6. The van der Waals surface area contributed by atoms with Gasteiger partial charge in [0.2, 0.25) is 10.0 Å². The zero-order valence-electron chi connectivity index (χ0n) is 17.6. The Hall–Kier alpha value is -3.08. The van der Waals surface area contributed by atoms with Gasteiger partial charge in [-0.25, -0.2) is 23.2 Å². The minimum absolute atomic E-state index is 0.0627. The van der Waals surface area contributed by atoms with E-state index in [1.165, 1.54) is 12.1 Å². The SMILES string of the molecule is CC(C)n1ncc2c(C(=O)NCCc3ccc(S(N)(=O)=O)cc3)cc(-c3cccs3)nc21. The van der Waals surface area contributed by atoms with E-state index >= 15 is 0 Å². The second kappa shape index (κ2) is 8.81. The van der Waals surface area contributed by atoms with E-state index < -0.39 is 10.0 Å². The highest BCUT2D eigenvalue weighted by atomic mass is 32.2. The van der Waals surface area contributed by atoms with Crippen molar-refractivity contribution in [2.24, 2.45) is 5.14 Å². The van der Waals surface area contributed by atoms with E-state index in [0.717, 1.165) is 16.1 Å². The standard InChI is InChI=1S/C22H23N5O3S2/c1-14(2)27-21-18(13-25-27)17(12-19(26-21)20-4-3-11-31-20)22(28)24-10-9-15-5-7-16(8-6-15)32(23,29)30/h3-8,11-14H,9-10H2,1-2H3,(H,24,28)(H2,23,29,30). The number of benzene rings is 1. The smallest absolute Gasteiger partial charge is 0.252 e. The van der Waals surface area contributed by atoms with Gasteiger partial charge < -0.3 is 5.32 Å². The predicted octanol–water partition coefficient (Wildman–Crippen LogP) is 3.36. The number of nitrogens with two attached hydrogens (primary N) is 1. The van der Waals surface area contributed by atoms with Crippen molar-refractivity contribution in [3.63, 3.8) is 0 Å². The average molecular weight is 470 g/mol. The van der Waals surface area contributed by atoms with Crippen LogP contribution < -0.4 is 10.5 Å². The monoisotopic (exact) mass is 469 g/mol. The average Bonchev–Trinajstić information content (AvgIpc) is 3.42. The van der Waals surface area contributed by atoms with Gasteiger partial charge in [0.1, 0.15) is 0 Å². The highest BCUT2D eigenvalue weighted by molar-refractivity contribution is 7.89. The molecule has 3 N–H and O–H groups in total. The van der Waals surface area contributed by atoms with Crippen LogP contribution in [-0.2, 0) is 16.4 Å². The zero-order chi connectivity index (χ0) is 22.9. The lowest BCUT2D eigenvalue weighted by atomic mass is 10.1. The number of primary sulfonamides is 1. The van der Waals surface area contributed by atoms with Gasteiger partial charge in [-0.15, -0.1) is 11.3 Å². The van der Waals surface area contributed by atoms with Crippen molar-refractivity contribution in [1.82, 2.24) is 20.1 Å². The molecule has 1 amide bonds. The third kappa shape index (κ3) is 4.57. The molecular formula is C22H23N5O3S2. The van der Waals surface area contributed by atoms with Crippen molar-refractivity contribution in [3.8, 4) is 10.6 Å². The number of nitrogens with zero attached hydrogens (tertiary/aromatic N) is 3. The molecule has 0 radical (unpaired) electrons. The summed E-state index contributed by atoms with van der Waals surface area (Å²) in [5.41, 5.74) is 2.83. The molecule has 3 aromatic heterocycles. The van der Waals surface area contributed by atoms with Crippen molar-refractivity contribution in [3.05, 3.63) is 65.2 Å². The number of hydrogen-bond acceptors (Lipinski definition) is 6. The number of sulfonamides is 1. The van der Waals surface area contributed by atoms with Crippen LogP contribution in [0.25, 0.3) is 21.6 Å². The fourth-order valence-electron chi connectivity index (χ4n) is 3.40. The van der Waals surface area contributed by atoms with Crippen LogP contribution in [0.5, 0.6) is 0 Å². The Morgan fingerprint density at radius 1 is 1.22 bits per heavy atom. The molecule has 3 heterocycles. The second-order valence-electron chi connectivity index (χ2n) is 7.65. The van der Waals surface area contributed by atoms with Gasteiger partial charge in [0.25, 0.3) is 5.91 Å². The van der Waals surface area contributed by atoms with Gasteiger partial charge in [0, 0.05) is 12.6 Å². The first-order valence-electron chi connectivity index (χ1n) is 10.1. The molecule has 0 aliphatic carbocycles. The number of nitrogens with one attached hydrogen (secondary N) is 1. The summed E-state index contributed by atoms with van der Waals surface area (Å²) >= 11 is 1.56. The van der Waals surface area contributed by atoms with Gasteiger partial charge in [0.15, 0.2) is 5.65 Å². The molecule has 4 aromatic rings. The first-order valence-corrected chi connectivity index (χ1v) is 12.5. The van der Waals surface area contributed by atoms with E-state index in [-0.39, 0.29) is 16.8 Å². The molecule has 166 valence electrons. The van der Waals surface area contributed by atoms with E-state index in [1.54, 1.807) is 35.7 Å². The maximum absolute atomic E-state index is 13.1. The molecule has 8 nitrogen and oxygen atoms in total. The van der Waals surface area contributed by atoms with Crippen LogP contribution in [0, 0.1) is 0 Å². The van der Waals surface area contributed by atoms with Crippen molar-refractivity contribution in [1.29, 1.82) is 0 Å². The minimum Gasteiger partial charge on any atom is -0.352 e. The zero-order valence-corrected chi connectivity index (χ0v) is 19.3. The lowest BCUT2D eigenvalue weighted by Gasteiger charge is -2.10. The predicted molar refractivity (Wildman–Crippen MR) is 125 cm³/mol. The van der Waals surface area contributed by atoms with Crippen LogP contribution in [0.4, 0.5) is 0 Å². The molecule has 32 heavy (non-hydrogen) atoms. The van der Waals surface area contributed by atoms with Gasteiger partial charge in [-0.1, -0.05) is 18.2 Å². The summed E-state index contributed by atoms with van der Waals surface area (Å²) in [4.78, 5) is 18.9. The quantitative estimate of drug-likeness (QED) is 0.430. The fourth-order valence-corrected chi connectivity index (χ4v) is 4.60. The molecule has 0 unspecified atom stereocenters. The Kier molecular flexibility index (Phi) is 6.09. The lowest BCUT2D eigenvalue weighted by molar-refractivity contribution is 0.0955. The summed E-state index contributed by atoms with van der Waals surface area (Å²) in [6.07, 6.45) is 2.23. The van der Waals surface area contributed by atoms with Crippen molar-refractivity contribution >= 4 is 38.3 Å². The first kappa shape index (κ1) is 22.1. The Balaban J connectivity index is 1.56. The van der Waals surface area contributed by atoms with Crippen LogP contribution in [-0.4, -0.2) is 35.6 Å². The molecule has 0 saturated carbocycles. The molecule has 0 bridgehead atoms.